The number of H-pyrrole nitrogens is 1. The summed E-state index contributed by atoms with van der Waals surface area (Å²) in [4.78, 5) is 3.29. The van der Waals surface area contributed by atoms with Crippen molar-refractivity contribution in [3.63, 3.8) is 0 Å². The number of hydrogen-bond acceptors (Lipinski definition) is 2. The lowest BCUT2D eigenvalue weighted by Crippen LogP contribution is -2.40. The quantitative estimate of drug-likeness (QED) is 0.767. The number of rotatable bonds is 1. The topological polar surface area (TPSA) is 37.0 Å². The lowest BCUT2D eigenvalue weighted by Gasteiger charge is -2.28. The lowest BCUT2D eigenvalue weighted by molar-refractivity contribution is 0.00778. The minimum Gasteiger partial charge on any atom is -0.371 e. The zero-order valence-corrected chi connectivity index (χ0v) is 9.36. The Morgan fingerprint density at radius 3 is 3.00 bits per heavy atom. The van der Waals surface area contributed by atoms with E-state index in [0.717, 1.165) is 13.2 Å². The number of para-hydroxylation sites is 1. The molecular formula is C13H16N2O. The Hall–Kier alpha value is -1.32. The number of benzene rings is 1. The fourth-order valence-corrected chi connectivity index (χ4v) is 2.25. The molecule has 1 saturated heterocycles. The van der Waals surface area contributed by atoms with Gasteiger partial charge >= 0.3 is 0 Å². The molecule has 1 fully saturated rings. The van der Waals surface area contributed by atoms with Crippen molar-refractivity contribution in [2.24, 2.45) is 0 Å². The largest absolute Gasteiger partial charge is 0.371 e. The second-order valence-corrected chi connectivity index (χ2v) is 4.42. The maximum atomic E-state index is 5.86. The van der Waals surface area contributed by atoms with Gasteiger partial charge in [0, 0.05) is 35.2 Å². The van der Waals surface area contributed by atoms with Crippen LogP contribution in [0.15, 0.2) is 30.5 Å². The van der Waals surface area contributed by atoms with Gasteiger partial charge < -0.3 is 15.0 Å². The first-order chi connectivity index (χ1) is 7.84. The zero-order chi connectivity index (χ0) is 11.0. The monoisotopic (exact) mass is 216 g/mol. The summed E-state index contributed by atoms with van der Waals surface area (Å²) in [7, 11) is 0. The Balaban J connectivity index is 1.94. The normalized spacial score (nSPS) is 26.1. The number of hydrogen-bond donors (Lipinski definition) is 2. The van der Waals surface area contributed by atoms with Crippen LogP contribution in [-0.2, 0) is 4.74 Å². The molecular weight excluding hydrogens is 200 g/mol. The molecule has 16 heavy (non-hydrogen) atoms. The highest BCUT2D eigenvalue weighted by Gasteiger charge is 2.21. The third kappa shape index (κ3) is 1.62. The van der Waals surface area contributed by atoms with Gasteiger partial charge in [-0.05, 0) is 13.0 Å². The van der Waals surface area contributed by atoms with Gasteiger partial charge in [-0.25, -0.2) is 0 Å². The molecule has 0 aliphatic carbocycles. The van der Waals surface area contributed by atoms with Gasteiger partial charge in [0.15, 0.2) is 0 Å². The van der Waals surface area contributed by atoms with E-state index < -0.39 is 0 Å². The highest BCUT2D eigenvalue weighted by Crippen LogP contribution is 2.27. The molecule has 1 aromatic carbocycles. The van der Waals surface area contributed by atoms with Crippen LogP contribution in [0.1, 0.15) is 18.6 Å². The van der Waals surface area contributed by atoms with Crippen LogP contribution in [0.2, 0.25) is 0 Å². The van der Waals surface area contributed by atoms with E-state index in [0.29, 0.717) is 6.04 Å². The minimum absolute atomic E-state index is 0.173. The number of aromatic nitrogens is 1. The van der Waals surface area contributed by atoms with Gasteiger partial charge in [-0.15, -0.1) is 0 Å². The van der Waals surface area contributed by atoms with Crippen LogP contribution in [0.5, 0.6) is 0 Å². The van der Waals surface area contributed by atoms with Crippen LogP contribution in [0.4, 0.5) is 0 Å². The highest BCUT2D eigenvalue weighted by atomic mass is 16.5. The first kappa shape index (κ1) is 9.87. The SMILES string of the molecule is CC1COC(c2c[nH]c3ccccc23)CN1. The highest BCUT2D eigenvalue weighted by molar-refractivity contribution is 5.83. The average molecular weight is 216 g/mol. The lowest BCUT2D eigenvalue weighted by atomic mass is 10.1. The molecule has 3 nitrogen and oxygen atoms in total. The van der Waals surface area contributed by atoms with Crippen LogP contribution in [-0.4, -0.2) is 24.2 Å². The summed E-state index contributed by atoms with van der Waals surface area (Å²) in [5, 5.41) is 4.71. The van der Waals surface area contributed by atoms with E-state index in [-0.39, 0.29) is 6.10 Å². The number of fused-ring (bicyclic) bond motifs is 1. The van der Waals surface area contributed by atoms with Crippen molar-refractivity contribution in [2.45, 2.75) is 19.1 Å². The Labute approximate surface area is 94.8 Å². The van der Waals surface area contributed by atoms with Crippen molar-refractivity contribution in [1.82, 2.24) is 10.3 Å². The van der Waals surface area contributed by atoms with Crippen LogP contribution in [0, 0.1) is 0 Å². The summed E-state index contributed by atoms with van der Waals surface area (Å²) in [6.45, 7) is 3.82. The molecule has 3 rings (SSSR count). The molecule has 1 aliphatic heterocycles. The van der Waals surface area contributed by atoms with Crippen LogP contribution in [0.3, 0.4) is 0 Å². The van der Waals surface area contributed by atoms with E-state index in [4.69, 9.17) is 4.74 Å². The van der Waals surface area contributed by atoms with Crippen molar-refractivity contribution in [1.29, 1.82) is 0 Å². The standard InChI is InChI=1S/C13H16N2O/c1-9-8-16-13(7-14-9)11-6-15-12-5-3-2-4-10(11)12/h2-6,9,13-15H,7-8H2,1H3. The maximum Gasteiger partial charge on any atom is 0.0970 e. The predicted octanol–water partition coefficient (Wildman–Crippen LogP) is 2.22. The molecule has 0 saturated carbocycles. The van der Waals surface area contributed by atoms with Gasteiger partial charge in [0.05, 0.1) is 12.7 Å². The van der Waals surface area contributed by atoms with Gasteiger partial charge in [-0.2, -0.15) is 0 Å². The maximum absolute atomic E-state index is 5.86. The van der Waals surface area contributed by atoms with Crippen LogP contribution >= 0.6 is 0 Å². The van der Waals surface area contributed by atoms with Gasteiger partial charge in [-0.1, -0.05) is 18.2 Å². The van der Waals surface area contributed by atoms with E-state index in [1.807, 2.05) is 6.07 Å². The fourth-order valence-electron chi connectivity index (χ4n) is 2.25. The second kappa shape index (κ2) is 3.92. The average Bonchev–Trinajstić information content (AvgIpc) is 2.74. The first-order valence-corrected chi connectivity index (χ1v) is 5.75. The predicted molar refractivity (Wildman–Crippen MR) is 64.5 cm³/mol. The summed E-state index contributed by atoms with van der Waals surface area (Å²) < 4.78 is 5.86. The van der Waals surface area contributed by atoms with Crippen molar-refractivity contribution in [3.8, 4) is 0 Å². The number of nitrogens with one attached hydrogen (secondary N) is 2. The second-order valence-electron chi connectivity index (χ2n) is 4.42. The van der Waals surface area contributed by atoms with E-state index in [1.165, 1.54) is 16.5 Å². The molecule has 0 spiro atoms. The van der Waals surface area contributed by atoms with Crippen molar-refractivity contribution < 1.29 is 4.74 Å². The van der Waals surface area contributed by atoms with Crippen molar-refractivity contribution >= 4 is 10.9 Å². The molecule has 2 atom stereocenters. The summed E-state index contributed by atoms with van der Waals surface area (Å²) >= 11 is 0. The molecule has 2 heterocycles. The Kier molecular flexibility index (Phi) is 2.42. The molecule has 0 radical (unpaired) electrons. The summed E-state index contributed by atoms with van der Waals surface area (Å²) in [5.41, 5.74) is 2.44. The number of ether oxygens (including phenoxy) is 1. The van der Waals surface area contributed by atoms with E-state index in [2.05, 4.69) is 41.6 Å². The molecule has 2 N–H and O–H groups in total. The third-order valence-corrected chi connectivity index (χ3v) is 3.17. The number of morpholine rings is 1. The smallest absolute Gasteiger partial charge is 0.0970 e. The van der Waals surface area contributed by atoms with E-state index in [1.54, 1.807) is 0 Å². The van der Waals surface area contributed by atoms with Gasteiger partial charge in [0.25, 0.3) is 0 Å². The number of aromatic amines is 1. The third-order valence-electron chi connectivity index (χ3n) is 3.17. The summed E-state index contributed by atoms with van der Waals surface area (Å²) in [6.07, 6.45) is 2.24. The molecule has 1 aliphatic rings. The van der Waals surface area contributed by atoms with Gasteiger partial charge in [-0.3, -0.25) is 0 Å². The molecule has 0 amide bonds. The van der Waals surface area contributed by atoms with E-state index in [9.17, 15) is 0 Å². The summed E-state index contributed by atoms with van der Waals surface area (Å²) in [6, 6.07) is 8.81. The molecule has 84 valence electrons. The molecule has 0 bridgehead atoms. The Morgan fingerprint density at radius 1 is 1.31 bits per heavy atom. The molecule has 3 heteroatoms. The zero-order valence-electron chi connectivity index (χ0n) is 9.36. The Morgan fingerprint density at radius 2 is 2.19 bits per heavy atom. The first-order valence-electron chi connectivity index (χ1n) is 5.75. The Bertz CT molecular complexity index is 483. The van der Waals surface area contributed by atoms with Crippen LogP contribution in [0.25, 0.3) is 10.9 Å². The fraction of sp³-hybridized carbons (Fsp3) is 0.385. The molecule has 2 unspecified atom stereocenters. The minimum atomic E-state index is 0.173. The molecule has 2 aromatic rings. The van der Waals surface area contributed by atoms with E-state index >= 15 is 0 Å². The summed E-state index contributed by atoms with van der Waals surface area (Å²) in [5.74, 6) is 0. The van der Waals surface area contributed by atoms with Gasteiger partial charge in [0.2, 0.25) is 0 Å². The van der Waals surface area contributed by atoms with Crippen LogP contribution < -0.4 is 5.32 Å². The molecule has 1 aromatic heterocycles. The van der Waals surface area contributed by atoms with Crippen molar-refractivity contribution in [3.05, 3.63) is 36.0 Å². The van der Waals surface area contributed by atoms with Gasteiger partial charge in [0.1, 0.15) is 0 Å². The van der Waals surface area contributed by atoms with Crippen molar-refractivity contribution in [2.75, 3.05) is 13.2 Å².